The number of hydrogen-bond donors (Lipinski definition) is 0. The molecule has 20 heavy (non-hydrogen) atoms. The number of benzene rings is 1. The van der Waals surface area contributed by atoms with Crippen LogP contribution in [0.5, 0.6) is 0 Å². The molecule has 1 aliphatic carbocycles. The average Bonchev–Trinajstić information content (AvgIpc) is 2.75. The minimum atomic E-state index is -3.40. The summed E-state index contributed by atoms with van der Waals surface area (Å²) in [6, 6.07) is 8.67. The molecular weight excluding hydrogens is 274 g/mol. The fourth-order valence-electron chi connectivity index (χ4n) is 3.12. The summed E-state index contributed by atoms with van der Waals surface area (Å²) in [6.45, 7) is 2.45. The molecule has 4 nitrogen and oxygen atoms in total. The van der Waals surface area contributed by atoms with Gasteiger partial charge in [0.25, 0.3) is 0 Å². The Morgan fingerprint density at radius 1 is 1.25 bits per heavy atom. The molecule has 0 spiro atoms. The molecule has 2 aliphatic rings. The van der Waals surface area contributed by atoms with Crippen LogP contribution < -0.4 is 0 Å². The van der Waals surface area contributed by atoms with Crippen molar-refractivity contribution in [3.05, 3.63) is 40.8 Å². The molecule has 1 aromatic rings. The lowest BCUT2D eigenvalue weighted by Crippen LogP contribution is -2.41. The Bertz CT molecular complexity index is 651. The molecule has 1 fully saturated rings. The predicted molar refractivity (Wildman–Crippen MR) is 76.6 cm³/mol. The normalized spacial score (nSPS) is 27.7. The molecule has 0 bridgehead atoms. The average molecular weight is 293 g/mol. The highest BCUT2D eigenvalue weighted by Gasteiger charge is 2.46. The Morgan fingerprint density at radius 3 is 2.65 bits per heavy atom. The van der Waals surface area contributed by atoms with Crippen molar-refractivity contribution in [1.82, 2.24) is 5.06 Å². The lowest BCUT2D eigenvalue weighted by molar-refractivity contribution is -0.139. The minimum Gasteiger partial charge on any atom is -0.294 e. The van der Waals surface area contributed by atoms with Crippen molar-refractivity contribution >= 4 is 9.84 Å². The van der Waals surface area contributed by atoms with E-state index in [1.165, 1.54) is 0 Å². The molecule has 1 aromatic carbocycles. The Hall–Kier alpha value is -1.17. The molecule has 3 rings (SSSR count). The highest BCUT2D eigenvalue weighted by Crippen LogP contribution is 2.44. The van der Waals surface area contributed by atoms with Crippen molar-refractivity contribution in [3.63, 3.8) is 0 Å². The molecule has 1 aliphatic heterocycles. The van der Waals surface area contributed by atoms with Gasteiger partial charge in [0, 0.05) is 7.05 Å². The summed E-state index contributed by atoms with van der Waals surface area (Å²) in [5.74, 6) is 0. The van der Waals surface area contributed by atoms with Gasteiger partial charge in [0.15, 0.2) is 0 Å². The van der Waals surface area contributed by atoms with Crippen molar-refractivity contribution in [3.8, 4) is 0 Å². The summed E-state index contributed by atoms with van der Waals surface area (Å²) in [6.07, 6.45) is 2.42. The Balaban J connectivity index is 2.14. The van der Waals surface area contributed by atoms with Crippen molar-refractivity contribution in [2.75, 3.05) is 13.7 Å². The van der Waals surface area contributed by atoms with Crippen LogP contribution in [-0.4, -0.2) is 32.7 Å². The lowest BCUT2D eigenvalue weighted by atomic mass is 9.82. The van der Waals surface area contributed by atoms with Gasteiger partial charge >= 0.3 is 0 Å². The topological polar surface area (TPSA) is 46.6 Å². The van der Waals surface area contributed by atoms with E-state index in [4.69, 9.17) is 4.84 Å². The third-order valence-electron chi connectivity index (χ3n) is 4.53. The van der Waals surface area contributed by atoms with Gasteiger partial charge in [-0.05, 0) is 43.9 Å². The fourth-order valence-corrected chi connectivity index (χ4v) is 4.94. The van der Waals surface area contributed by atoms with Crippen molar-refractivity contribution in [2.24, 2.45) is 0 Å². The second kappa shape index (κ2) is 4.69. The van der Waals surface area contributed by atoms with Crippen molar-refractivity contribution in [2.45, 2.75) is 36.6 Å². The highest BCUT2D eigenvalue weighted by atomic mass is 32.2. The first-order valence-corrected chi connectivity index (χ1v) is 8.34. The molecule has 0 radical (unpaired) electrons. The van der Waals surface area contributed by atoms with Gasteiger partial charge in [0.2, 0.25) is 9.84 Å². The Labute approximate surface area is 119 Å². The zero-order valence-electron chi connectivity index (χ0n) is 11.8. The molecule has 0 aromatic heterocycles. The number of allylic oxidation sites excluding steroid dienone is 1. The first-order valence-electron chi connectivity index (χ1n) is 6.85. The molecule has 5 heteroatoms. The maximum atomic E-state index is 12.8. The zero-order chi connectivity index (χ0) is 14.4. The smallest absolute Gasteiger partial charge is 0.202 e. The van der Waals surface area contributed by atoms with Gasteiger partial charge in [-0.15, -0.1) is 0 Å². The van der Waals surface area contributed by atoms with Crippen LogP contribution in [0.4, 0.5) is 0 Å². The van der Waals surface area contributed by atoms with E-state index in [0.717, 1.165) is 18.4 Å². The van der Waals surface area contributed by atoms with E-state index in [0.29, 0.717) is 22.8 Å². The molecule has 0 N–H and O–H groups in total. The van der Waals surface area contributed by atoms with Crippen LogP contribution in [0.15, 0.2) is 45.7 Å². The number of sulfone groups is 1. The number of fused-ring (bicyclic) bond motifs is 1. The molecule has 0 amide bonds. The SMILES string of the molecule is CN1OCC2=C(S(=O)(=O)c3ccccc3)CCCC21C. The van der Waals surface area contributed by atoms with Crippen molar-refractivity contribution < 1.29 is 13.3 Å². The number of hydroxylamine groups is 2. The standard InChI is InChI=1S/C15H19NO3S/c1-15-10-6-9-14(13(15)11-19-16(15)2)20(17,18)12-7-4-3-5-8-12/h3-5,7-8H,6,9-11H2,1-2H3. The van der Waals surface area contributed by atoms with Crippen LogP contribution in [0.2, 0.25) is 0 Å². The molecule has 1 saturated heterocycles. The summed E-state index contributed by atoms with van der Waals surface area (Å²) in [5.41, 5.74) is 0.644. The maximum absolute atomic E-state index is 12.8. The zero-order valence-corrected chi connectivity index (χ0v) is 12.6. The van der Waals surface area contributed by atoms with Gasteiger partial charge in [-0.2, -0.15) is 5.06 Å². The van der Waals surface area contributed by atoms with Gasteiger partial charge in [-0.1, -0.05) is 18.2 Å². The molecule has 0 saturated carbocycles. The molecule has 108 valence electrons. The fraction of sp³-hybridized carbons (Fsp3) is 0.467. The predicted octanol–water partition coefficient (Wildman–Crippen LogP) is 2.53. The van der Waals surface area contributed by atoms with Crippen LogP contribution in [0.1, 0.15) is 26.2 Å². The number of hydrogen-bond acceptors (Lipinski definition) is 4. The summed E-state index contributed by atoms with van der Waals surface area (Å²) < 4.78 is 25.7. The van der Waals surface area contributed by atoms with E-state index in [-0.39, 0.29) is 5.54 Å². The monoisotopic (exact) mass is 293 g/mol. The van der Waals surface area contributed by atoms with Gasteiger partial charge < -0.3 is 0 Å². The van der Waals surface area contributed by atoms with E-state index in [9.17, 15) is 8.42 Å². The van der Waals surface area contributed by atoms with E-state index in [1.807, 2.05) is 18.2 Å². The second-order valence-corrected chi connectivity index (χ2v) is 7.59. The van der Waals surface area contributed by atoms with Crippen LogP contribution in [0, 0.1) is 0 Å². The van der Waals surface area contributed by atoms with Gasteiger partial charge in [-0.25, -0.2) is 8.42 Å². The van der Waals surface area contributed by atoms with Gasteiger partial charge in [-0.3, -0.25) is 4.84 Å². The number of likely N-dealkylation sites (N-methyl/N-ethyl adjacent to an activating group) is 1. The summed E-state index contributed by atoms with van der Waals surface area (Å²) in [7, 11) is -1.52. The van der Waals surface area contributed by atoms with Gasteiger partial charge in [0.1, 0.15) is 0 Å². The first-order chi connectivity index (χ1) is 9.46. The number of nitrogens with zero attached hydrogens (tertiary/aromatic N) is 1. The quantitative estimate of drug-likeness (QED) is 0.840. The highest BCUT2D eigenvalue weighted by molar-refractivity contribution is 7.95. The minimum absolute atomic E-state index is 0.282. The Morgan fingerprint density at radius 2 is 1.95 bits per heavy atom. The maximum Gasteiger partial charge on any atom is 0.202 e. The van der Waals surface area contributed by atoms with Crippen LogP contribution in [0.3, 0.4) is 0 Å². The van der Waals surface area contributed by atoms with Crippen LogP contribution in [-0.2, 0) is 14.7 Å². The summed E-state index contributed by atoms with van der Waals surface area (Å²) in [5, 5.41) is 1.81. The first kappa shape index (κ1) is 13.8. The third kappa shape index (κ3) is 1.92. The van der Waals surface area contributed by atoms with E-state index in [2.05, 4.69) is 6.92 Å². The molecule has 1 atom stereocenters. The van der Waals surface area contributed by atoms with E-state index < -0.39 is 9.84 Å². The van der Waals surface area contributed by atoms with Gasteiger partial charge in [0.05, 0.1) is 21.9 Å². The Kier molecular flexibility index (Phi) is 3.23. The lowest BCUT2D eigenvalue weighted by Gasteiger charge is -2.35. The molecular formula is C15H19NO3S. The molecule has 1 unspecified atom stereocenters. The number of rotatable bonds is 2. The third-order valence-corrected chi connectivity index (χ3v) is 6.52. The molecule has 1 heterocycles. The summed E-state index contributed by atoms with van der Waals surface area (Å²) >= 11 is 0. The van der Waals surface area contributed by atoms with Crippen LogP contribution in [0.25, 0.3) is 0 Å². The summed E-state index contributed by atoms with van der Waals surface area (Å²) in [4.78, 5) is 6.51. The largest absolute Gasteiger partial charge is 0.294 e. The van der Waals surface area contributed by atoms with Crippen LogP contribution >= 0.6 is 0 Å². The van der Waals surface area contributed by atoms with E-state index in [1.54, 1.807) is 24.3 Å². The second-order valence-electron chi connectivity index (χ2n) is 5.62. The van der Waals surface area contributed by atoms with Crippen molar-refractivity contribution in [1.29, 1.82) is 0 Å². The van der Waals surface area contributed by atoms with E-state index >= 15 is 0 Å².